The first kappa shape index (κ1) is 11.5. The van der Waals surface area contributed by atoms with Crippen LogP contribution in [-0.2, 0) is 6.18 Å². The van der Waals surface area contributed by atoms with Gasteiger partial charge in [-0.3, -0.25) is 0 Å². The maximum absolute atomic E-state index is 12.8. The Morgan fingerprint density at radius 1 is 1.25 bits per heavy atom. The molecule has 16 heavy (non-hydrogen) atoms. The van der Waals surface area contributed by atoms with Crippen molar-refractivity contribution in [2.24, 2.45) is 0 Å². The van der Waals surface area contributed by atoms with Gasteiger partial charge in [0.15, 0.2) is 0 Å². The Labute approximate surface area is 92.7 Å². The molecule has 1 heterocycles. The maximum atomic E-state index is 12.8. The second kappa shape index (κ2) is 4.45. The molecule has 0 bridgehead atoms. The number of rotatable bonds is 1. The summed E-state index contributed by atoms with van der Waals surface area (Å²) >= 11 is 0. The Morgan fingerprint density at radius 2 is 1.94 bits per heavy atom. The van der Waals surface area contributed by atoms with Gasteiger partial charge in [0.05, 0.1) is 5.56 Å². The van der Waals surface area contributed by atoms with Gasteiger partial charge in [-0.25, -0.2) is 0 Å². The zero-order valence-corrected chi connectivity index (χ0v) is 8.77. The van der Waals surface area contributed by atoms with Gasteiger partial charge in [0.2, 0.25) is 0 Å². The molecule has 1 aromatic carbocycles. The molecule has 0 aliphatic carbocycles. The highest BCUT2D eigenvalue weighted by Crippen LogP contribution is 2.37. The van der Waals surface area contributed by atoms with E-state index in [9.17, 15) is 13.2 Å². The summed E-state index contributed by atoms with van der Waals surface area (Å²) in [4.78, 5) is 0. The number of alkyl halides is 3. The molecule has 0 atom stereocenters. The zero-order chi connectivity index (χ0) is 11.6. The first-order valence-electron chi connectivity index (χ1n) is 5.37. The first-order chi connectivity index (χ1) is 7.59. The van der Waals surface area contributed by atoms with Gasteiger partial charge >= 0.3 is 6.18 Å². The van der Waals surface area contributed by atoms with Crippen LogP contribution in [0.25, 0.3) is 0 Å². The third kappa shape index (κ3) is 2.38. The smallest absolute Gasteiger partial charge is 0.317 e. The van der Waals surface area contributed by atoms with Gasteiger partial charge in [0.25, 0.3) is 0 Å². The van der Waals surface area contributed by atoms with Crippen LogP contribution >= 0.6 is 0 Å². The summed E-state index contributed by atoms with van der Waals surface area (Å²) in [7, 11) is 0. The summed E-state index contributed by atoms with van der Waals surface area (Å²) in [6, 6.07) is 6.68. The predicted molar refractivity (Wildman–Crippen MR) is 55.1 cm³/mol. The number of nitrogens with one attached hydrogen (secondary N) is 1. The molecule has 4 heteroatoms. The van der Waals surface area contributed by atoms with E-state index >= 15 is 0 Å². The fourth-order valence-electron chi connectivity index (χ4n) is 2.18. The van der Waals surface area contributed by atoms with Gasteiger partial charge in [-0.05, 0) is 49.5 Å². The van der Waals surface area contributed by atoms with Crippen molar-refractivity contribution in [2.75, 3.05) is 13.1 Å². The highest BCUT2D eigenvalue weighted by molar-refractivity contribution is 5.32. The summed E-state index contributed by atoms with van der Waals surface area (Å²) < 4.78 is 38.3. The molecule has 87 valence electrons. The van der Waals surface area contributed by atoms with E-state index in [0.717, 1.165) is 32.0 Å². The molecule has 1 N–H and O–H groups in total. The lowest BCUT2D eigenvalue weighted by molar-refractivity contribution is -0.138. The standard InChI is InChI=1S/C12H13F3N/c13-12(14,15)11-4-2-1-3-10(11)9-5-7-16-8-6-9/h1,3-4,9,16H,5-8H2. The van der Waals surface area contributed by atoms with Crippen LogP contribution in [0.1, 0.15) is 29.9 Å². The molecule has 2 rings (SSSR count). The van der Waals surface area contributed by atoms with E-state index in [-0.39, 0.29) is 5.92 Å². The van der Waals surface area contributed by atoms with E-state index in [0.29, 0.717) is 5.56 Å². The summed E-state index contributed by atoms with van der Waals surface area (Å²) in [5, 5.41) is 3.15. The van der Waals surface area contributed by atoms with E-state index in [2.05, 4.69) is 11.4 Å². The number of hydrogen-bond acceptors (Lipinski definition) is 1. The second-order valence-electron chi connectivity index (χ2n) is 4.04. The highest BCUT2D eigenvalue weighted by atomic mass is 19.4. The van der Waals surface area contributed by atoms with E-state index < -0.39 is 11.7 Å². The first-order valence-corrected chi connectivity index (χ1v) is 5.37. The minimum Gasteiger partial charge on any atom is -0.317 e. The minimum absolute atomic E-state index is 0.0208. The SMILES string of the molecule is FC(F)(F)c1c[c]ccc1C1CCNCC1. The van der Waals surface area contributed by atoms with Gasteiger partial charge in [0.1, 0.15) is 0 Å². The molecular weight excluding hydrogens is 215 g/mol. The lowest BCUT2D eigenvalue weighted by Crippen LogP contribution is -2.27. The quantitative estimate of drug-likeness (QED) is 0.779. The average Bonchev–Trinajstić information content (AvgIpc) is 2.29. The normalized spacial score (nSPS) is 18.7. The summed E-state index contributed by atoms with van der Waals surface area (Å²) in [5.41, 5.74) is -0.102. The van der Waals surface area contributed by atoms with Crippen molar-refractivity contribution in [3.63, 3.8) is 0 Å². The van der Waals surface area contributed by atoms with Gasteiger partial charge in [0, 0.05) is 0 Å². The number of piperidine rings is 1. The molecule has 1 fully saturated rings. The summed E-state index contributed by atoms with van der Waals surface area (Å²) in [5.74, 6) is 0.0208. The zero-order valence-electron chi connectivity index (χ0n) is 8.77. The Morgan fingerprint density at radius 3 is 2.56 bits per heavy atom. The van der Waals surface area contributed by atoms with Crippen molar-refractivity contribution in [1.82, 2.24) is 5.32 Å². The van der Waals surface area contributed by atoms with Crippen LogP contribution in [0.3, 0.4) is 0 Å². The van der Waals surface area contributed by atoms with Gasteiger partial charge < -0.3 is 5.32 Å². The van der Waals surface area contributed by atoms with Crippen LogP contribution in [0.15, 0.2) is 18.2 Å². The Balaban J connectivity index is 2.32. The number of benzene rings is 1. The van der Waals surface area contributed by atoms with E-state index in [4.69, 9.17) is 0 Å². The fourth-order valence-corrected chi connectivity index (χ4v) is 2.18. The monoisotopic (exact) mass is 228 g/mol. The van der Waals surface area contributed by atoms with Crippen LogP contribution in [-0.4, -0.2) is 13.1 Å². The molecule has 1 aliphatic rings. The van der Waals surface area contributed by atoms with Crippen LogP contribution in [0.2, 0.25) is 0 Å². The van der Waals surface area contributed by atoms with Crippen molar-refractivity contribution in [1.29, 1.82) is 0 Å². The molecule has 1 radical (unpaired) electrons. The molecule has 0 amide bonds. The molecule has 1 aromatic rings. The van der Waals surface area contributed by atoms with Gasteiger partial charge in [-0.2, -0.15) is 13.2 Å². The van der Waals surface area contributed by atoms with E-state index in [1.54, 1.807) is 12.1 Å². The number of halogens is 3. The second-order valence-corrected chi connectivity index (χ2v) is 4.04. The Hall–Kier alpha value is -1.03. The molecule has 1 saturated heterocycles. The molecular formula is C12H13F3N. The average molecular weight is 228 g/mol. The maximum Gasteiger partial charge on any atom is 0.416 e. The van der Waals surface area contributed by atoms with Crippen molar-refractivity contribution in [3.8, 4) is 0 Å². The summed E-state index contributed by atoms with van der Waals surface area (Å²) in [6.07, 6.45) is -2.72. The molecule has 1 aliphatic heterocycles. The van der Waals surface area contributed by atoms with E-state index in [1.165, 1.54) is 0 Å². The van der Waals surface area contributed by atoms with Crippen molar-refractivity contribution >= 4 is 0 Å². The molecule has 0 aromatic heterocycles. The van der Waals surface area contributed by atoms with Crippen molar-refractivity contribution in [2.45, 2.75) is 24.9 Å². The summed E-state index contributed by atoms with van der Waals surface area (Å²) in [6.45, 7) is 1.58. The van der Waals surface area contributed by atoms with Crippen LogP contribution in [0.5, 0.6) is 0 Å². The van der Waals surface area contributed by atoms with Gasteiger partial charge in [-0.1, -0.05) is 12.1 Å². The van der Waals surface area contributed by atoms with Crippen LogP contribution in [0, 0.1) is 6.07 Å². The third-order valence-electron chi connectivity index (χ3n) is 2.98. The minimum atomic E-state index is -4.27. The van der Waals surface area contributed by atoms with Gasteiger partial charge in [-0.15, -0.1) is 0 Å². The van der Waals surface area contributed by atoms with Crippen LogP contribution < -0.4 is 5.32 Å². The van der Waals surface area contributed by atoms with Crippen molar-refractivity contribution in [3.05, 3.63) is 35.4 Å². The van der Waals surface area contributed by atoms with E-state index in [1.807, 2.05) is 0 Å². The Bertz CT molecular complexity index is 354. The lowest BCUT2D eigenvalue weighted by atomic mass is 9.87. The topological polar surface area (TPSA) is 12.0 Å². The highest BCUT2D eigenvalue weighted by Gasteiger charge is 2.35. The lowest BCUT2D eigenvalue weighted by Gasteiger charge is -2.25. The molecule has 0 unspecified atom stereocenters. The molecule has 1 nitrogen and oxygen atoms in total. The largest absolute Gasteiger partial charge is 0.416 e. The molecule has 0 saturated carbocycles. The number of hydrogen-bond donors (Lipinski definition) is 1. The van der Waals surface area contributed by atoms with Crippen molar-refractivity contribution < 1.29 is 13.2 Å². The Kier molecular flexibility index (Phi) is 3.19. The molecule has 0 spiro atoms. The fraction of sp³-hybridized carbons (Fsp3) is 0.500. The predicted octanol–water partition coefficient (Wildman–Crippen LogP) is 2.97. The van der Waals surface area contributed by atoms with Crippen LogP contribution in [0.4, 0.5) is 13.2 Å². The third-order valence-corrected chi connectivity index (χ3v) is 2.98.